The van der Waals surface area contributed by atoms with E-state index in [-0.39, 0.29) is 17.9 Å². The number of hydrogen-bond acceptors (Lipinski definition) is 5. The van der Waals surface area contributed by atoms with Gasteiger partial charge in [-0.3, -0.25) is 10.1 Å². The highest BCUT2D eigenvalue weighted by atomic mass is 16.6. The molecule has 100 valence electrons. The van der Waals surface area contributed by atoms with Gasteiger partial charge in [0.1, 0.15) is 5.69 Å². The number of nitro benzene ring substituents is 1. The van der Waals surface area contributed by atoms with Gasteiger partial charge >= 0.3 is 0 Å². The number of aliphatic hydroxyl groups is 1. The van der Waals surface area contributed by atoms with Crippen molar-refractivity contribution in [2.45, 2.75) is 25.3 Å². The number of nitro groups is 1. The first kappa shape index (κ1) is 13.3. The van der Waals surface area contributed by atoms with Crippen molar-refractivity contribution >= 4 is 11.4 Å². The summed E-state index contributed by atoms with van der Waals surface area (Å²) in [7, 11) is 0. The Bertz CT molecular complexity index is 545. The van der Waals surface area contributed by atoms with Crippen molar-refractivity contribution in [3.63, 3.8) is 0 Å². The summed E-state index contributed by atoms with van der Waals surface area (Å²) in [6.45, 7) is 2.01. The van der Waals surface area contributed by atoms with Crippen molar-refractivity contribution in [2.24, 2.45) is 5.92 Å². The average molecular weight is 261 g/mol. The van der Waals surface area contributed by atoms with E-state index in [0.29, 0.717) is 11.6 Å². The molecule has 0 spiro atoms. The summed E-state index contributed by atoms with van der Waals surface area (Å²) in [5.74, 6) is 0.497. The largest absolute Gasteiger partial charge is 0.394 e. The van der Waals surface area contributed by atoms with Crippen molar-refractivity contribution in [3.05, 3.63) is 33.9 Å². The van der Waals surface area contributed by atoms with Crippen molar-refractivity contribution in [1.82, 2.24) is 0 Å². The number of hydrogen-bond donors (Lipinski definition) is 2. The topological polar surface area (TPSA) is 99.2 Å². The highest BCUT2D eigenvalue weighted by molar-refractivity contribution is 5.65. The molecule has 1 aromatic carbocycles. The van der Waals surface area contributed by atoms with E-state index < -0.39 is 10.5 Å². The molecule has 0 aromatic heterocycles. The van der Waals surface area contributed by atoms with Crippen LogP contribution in [0.15, 0.2) is 18.2 Å². The third kappa shape index (κ3) is 2.51. The fourth-order valence-electron chi connectivity index (χ4n) is 2.69. The minimum absolute atomic E-state index is 0.0610. The first-order valence-corrected chi connectivity index (χ1v) is 6.07. The second-order valence-electron chi connectivity index (χ2n) is 5.18. The fraction of sp³-hybridized carbons (Fsp3) is 0.462. The molecular formula is C13H15N3O3. The highest BCUT2D eigenvalue weighted by Crippen LogP contribution is 2.41. The molecule has 2 N–H and O–H groups in total. The van der Waals surface area contributed by atoms with Crippen molar-refractivity contribution in [3.8, 4) is 6.07 Å². The molecule has 1 fully saturated rings. The Morgan fingerprint density at radius 3 is 2.79 bits per heavy atom. The lowest BCUT2D eigenvalue weighted by atomic mass is 9.69. The van der Waals surface area contributed by atoms with E-state index in [9.17, 15) is 15.2 Å². The van der Waals surface area contributed by atoms with Crippen molar-refractivity contribution < 1.29 is 10.0 Å². The predicted molar refractivity (Wildman–Crippen MR) is 69.6 cm³/mol. The second kappa shape index (κ2) is 4.86. The highest BCUT2D eigenvalue weighted by Gasteiger charge is 2.42. The summed E-state index contributed by atoms with van der Waals surface area (Å²) in [4.78, 5) is 10.5. The summed E-state index contributed by atoms with van der Waals surface area (Å²) in [5.41, 5.74) is -0.00753. The number of rotatable bonds is 4. The summed E-state index contributed by atoms with van der Waals surface area (Å²) in [6, 6.07) is 6.18. The van der Waals surface area contributed by atoms with Crippen molar-refractivity contribution in [1.29, 1.82) is 5.26 Å². The van der Waals surface area contributed by atoms with Crippen LogP contribution in [0.5, 0.6) is 0 Å². The third-order valence-corrected chi connectivity index (χ3v) is 3.50. The molecule has 0 atom stereocenters. The quantitative estimate of drug-likeness (QED) is 0.638. The van der Waals surface area contributed by atoms with Gasteiger partial charge in [0.25, 0.3) is 5.69 Å². The zero-order valence-electron chi connectivity index (χ0n) is 10.6. The molecule has 6 heteroatoms. The van der Waals surface area contributed by atoms with Gasteiger partial charge < -0.3 is 10.4 Å². The van der Waals surface area contributed by atoms with Crippen LogP contribution in [0.2, 0.25) is 0 Å². The van der Waals surface area contributed by atoms with Crippen LogP contribution in [0.4, 0.5) is 11.4 Å². The monoisotopic (exact) mass is 261 g/mol. The number of benzene rings is 1. The molecule has 19 heavy (non-hydrogen) atoms. The molecule has 0 saturated heterocycles. The number of anilines is 1. The van der Waals surface area contributed by atoms with Crippen LogP contribution in [0, 0.1) is 27.4 Å². The van der Waals surface area contributed by atoms with Gasteiger partial charge in [-0.25, -0.2) is 0 Å². The van der Waals surface area contributed by atoms with E-state index in [1.165, 1.54) is 18.2 Å². The molecule has 6 nitrogen and oxygen atoms in total. The van der Waals surface area contributed by atoms with Gasteiger partial charge in [-0.2, -0.15) is 5.26 Å². The van der Waals surface area contributed by atoms with Crippen LogP contribution < -0.4 is 5.32 Å². The Labute approximate surface area is 110 Å². The van der Waals surface area contributed by atoms with Crippen molar-refractivity contribution in [2.75, 3.05) is 11.9 Å². The van der Waals surface area contributed by atoms with E-state index >= 15 is 0 Å². The minimum atomic E-state index is -0.518. The molecule has 0 aliphatic heterocycles. The first-order valence-electron chi connectivity index (χ1n) is 6.07. The molecule has 0 heterocycles. The summed E-state index contributed by atoms with van der Waals surface area (Å²) in [6.07, 6.45) is 1.56. The van der Waals surface area contributed by atoms with Gasteiger partial charge in [-0.15, -0.1) is 0 Å². The lowest BCUT2D eigenvalue weighted by molar-refractivity contribution is -0.384. The van der Waals surface area contributed by atoms with Crippen LogP contribution in [-0.4, -0.2) is 22.2 Å². The lowest BCUT2D eigenvalue weighted by Crippen LogP contribution is -2.52. The minimum Gasteiger partial charge on any atom is -0.394 e. The normalized spacial score (nSPS) is 25.2. The number of nitrogens with zero attached hydrogens (tertiary/aromatic N) is 2. The molecule has 1 saturated carbocycles. The molecule has 0 amide bonds. The molecular weight excluding hydrogens is 246 g/mol. The first-order chi connectivity index (χ1) is 8.99. The van der Waals surface area contributed by atoms with E-state index in [1.807, 2.05) is 6.07 Å². The van der Waals surface area contributed by atoms with E-state index in [2.05, 4.69) is 12.2 Å². The summed E-state index contributed by atoms with van der Waals surface area (Å²) >= 11 is 0. The Morgan fingerprint density at radius 1 is 1.63 bits per heavy atom. The zero-order valence-corrected chi connectivity index (χ0v) is 10.6. The van der Waals surface area contributed by atoms with Gasteiger partial charge in [0.05, 0.1) is 28.7 Å². The Morgan fingerprint density at radius 2 is 2.32 bits per heavy atom. The number of nitriles is 1. The zero-order chi connectivity index (χ0) is 14.0. The van der Waals surface area contributed by atoms with Gasteiger partial charge in [0, 0.05) is 6.07 Å². The Hall–Kier alpha value is -2.13. The predicted octanol–water partition coefficient (Wildman–Crippen LogP) is 2.04. The van der Waals surface area contributed by atoms with Crippen LogP contribution in [-0.2, 0) is 0 Å². The summed E-state index contributed by atoms with van der Waals surface area (Å²) in [5, 5.41) is 32.3. The lowest BCUT2D eigenvalue weighted by Gasteiger charge is -2.46. The Balaban J connectivity index is 2.30. The average Bonchev–Trinajstić information content (AvgIpc) is 2.36. The summed E-state index contributed by atoms with van der Waals surface area (Å²) < 4.78 is 0. The molecule has 0 radical (unpaired) electrons. The van der Waals surface area contributed by atoms with Gasteiger partial charge in [0.2, 0.25) is 0 Å². The van der Waals surface area contributed by atoms with Gasteiger partial charge in [-0.1, -0.05) is 6.92 Å². The molecule has 1 aromatic rings. The maximum atomic E-state index is 11.0. The maximum Gasteiger partial charge on any atom is 0.293 e. The fourth-order valence-corrected chi connectivity index (χ4v) is 2.69. The van der Waals surface area contributed by atoms with Crippen LogP contribution >= 0.6 is 0 Å². The standard InChI is InChI=1S/C13H15N3O3/c1-9-5-13(6-9,8-17)15-11-3-2-10(7-14)4-12(11)16(18)19/h2-4,9,15,17H,5-6,8H2,1H3. The van der Waals surface area contributed by atoms with E-state index in [0.717, 1.165) is 12.8 Å². The number of nitrogens with one attached hydrogen (secondary N) is 1. The van der Waals surface area contributed by atoms with E-state index in [4.69, 9.17) is 5.26 Å². The van der Waals surface area contributed by atoms with Crippen LogP contribution in [0.25, 0.3) is 0 Å². The number of aliphatic hydroxyl groups excluding tert-OH is 1. The van der Waals surface area contributed by atoms with Gasteiger partial charge in [0.15, 0.2) is 0 Å². The smallest absolute Gasteiger partial charge is 0.293 e. The van der Waals surface area contributed by atoms with Gasteiger partial charge in [-0.05, 0) is 30.9 Å². The molecule has 2 rings (SSSR count). The van der Waals surface area contributed by atoms with Crippen LogP contribution in [0.3, 0.4) is 0 Å². The van der Waals surface area contributed by atoms with Crippen LogP contribution in [0.1, 0.15) is 25.3 Å². The third-order valence-electron chi connectivity index (χ3n) is 3.50. The van der Waals surface area contributed by atoms with E-state index in [1.54, 1.807) is 0 Å². The molecule has 0 unspecified atom stereocenters. The maximum absolute atomic E-state index is 11.0. The SMILES string of the molecule is CC1CC(CO)(Nc2ccc(C#N)cc2[N+](=O)[O-])C1. The molecule has 0 bridgehead atoms. The second-order valence-corrected chi connectivity index (χ2v) is 5.18. The molecule has 1 aliphatic rings. The Kier molecular flexibility index (Phi) is 3.40. The molecule has 1 aliphatic carbocycles.